The fourth-order valence-corrected chi connectivity index (χ4v) is 0.964. The van der Waals surface area contributed by atoms with E-state index in [-0.39, 0.29) is 0 Å². The summed E-state index contributed by atoms with van der Waals surface area (Å²) < 4.78 is 0. The Labute approximate surface area is 77.8 Å². The van der Waals surface area contributed by atoms with Crippen molar-refractivity contribution in [2.24, 2.45) is 17.8 Å². The molecular weight excluding hydrogens is 144 g/mol. The molecule has 0 rings (SSSR count). The van der Waals surface area contributed by atoms with Gasteiger partial charge in [0, 0.05) is 11.8 Å². The predicted molar refractivity (Wildman–Crippen MR) is 55.9 cm³/mol. The lowest BCUT2D eigenvalue weighted by Gasteiger charge is -2.06. The first-order valence-electron chi connectivity index (χ1n) is 5.03. The van der Waals surface area contributed by atoms with Gasteiger partial charge in [-0.1, -0.05) is 40.5 Å². The van der Waals surface area contributed by atoms with Crippen LogP contribution in [0.1, 0.15) is 47.5 Å². The van der Waals surface area contributed by atoms with Gasteiger partial charge in [0.25, 0.3) is 0 Å². The molecule has 0 aliphatic carbocycles. The molecule has 0 N–H and O–H groups in total. The fraction of sp³-hybridized carbons (Fsp3) is 0.833. The molecule has 0 fully saturated rings. The normalized spacial score (nSPS) is 12.9. The molecular formula is C12H22. The van der Waals surface area contributed by atoms with E-state index in [1.165, 1.54) is 12.8 Å². The van der Waals surface area contributed by atoms with Crippen LogP contribution in [0.5, 0.6) is 0 Å². The summed E-state index contributed by atoms with van der Waals surface area (Å²) in [7, 11) is 0. The first kappa shape index (κ1) is 11.6. The maximum absolute atomic E-state index is 3.29. The summed E-state index contributed by atoms with van der Waals surface area (Å²) in [5.74, 6) is 8.42. The van der Waals surface area contributed by atoms with Crippen LogP contribution in [-0.2, 0) is 0 Å². The van der Waals surface area contributed by atoms with Gasteiger partial charge in [-0.2, -0.15) is 0 Å². The van der Waals surface area contributed by atoms with Gasteiger partial charge in [-0.05, 0) is 18.8 Å². The van der Waals surface area contributed by atoms with E-state index >= 15 is 0 Å². The smallest absolute Gasteiger partial charge is 0.0174 e. The van der Waals surface area contributed by atoms with Gasteiger partial charge in [-0.25, -0.2) is 0 Å². The maximum atomic E-state index is 3.29. The summed E-state index contributed by atoms with van der Waals surface area (Å²) in [4.78, 5) is 0. The Morgan fingerprint density at radius 3 is 1.83 bits per heavy atom. The monoisotopic (exact) mass is 166 g/mol. The summed E-state index contributed by atoms with van der Waals surface area (Å²) in [6.07, 6.45) is 2.55. The first-order valence-corrected chi connectivity index (χ1v) is 5.03. The second kappa shape index (κ2) is 6.12. The standard InChI is InChI=1S/C12H22/c1-10(2)6-8-12(5)9-7-11(3)4/h10-12H,6,8H2,1-5H3/t12-/m1/s1. The fourth-order valence-electron chi connectivity index (χ4n) is 0.964. The van der Waals surface area contributed by atoms with Gasteiger partial charge in [0.15, 0.2) is 0 Å². The van der Waals surface area contributed by atoms with E-state index in [1.807, 2.05) is 0 Å². The molecule has 0 bridgehead atoms. The van der Waals surface area contributed by atoms with Crippen LogP contribution in [0.4, 0.5) is 0 Å². The van der Waals surface area contributed by atoms with Crippen molar-refractivity contribution in [2.45, 2.75) is 47.5 Å². The largest absolute Gasteiger partial charge is 0.100 e. The highest BCUT2D eigenvalue weighted by Crippen LogP contribution is 2.10. The molecule has 0 aromatic rings. The van der Waals surface area contributed by atoms with Gasteiger partial charge in [0.1, 0.15) is 0 Å². The molecule has 0 aromatic carbocycles. The highest BCUT2D eigenvalue weighted by Gasteiger charge is 1.99. The molecule has 0 radical (unpaired) electrons. The zero-order chi connectivity index (χ0) is 9.56. The Morgan fingerprint density at radius 2 is 1.42 bits per heavy atom. The molecule has 0 heteroatoms. The molecule has 1 atom stereocenters. The molecule has 0 spiro atoms. The summed E-state index contributed by atoms with van der Waals surface area (Å²) in [5.41, 5.74) is 0. The van der Waals surface area contributed by atoms with Crippen LogP contribution >= 0.6 is 0 Å². The second-order valence-electron chi connectivity index (χ2n) is 4.32. The van der Waals surface area contributed by atoms with Crippen LogP contribution in [0.15, 0.2) is 0 Å². The van der Waals surface area contributed by atoms with Crippen molar-refractivity contribution < 1.29 is 0 Å². The van der Waals surface area contributed by atoms with Crippen molar-refractivity contribution in [3.05, 3.63) is 0 Å². The Morgan fingerprint density at radius 1 is 0.833 bits per heavy atom. The molecule has 0 saturated heterocycles. The second-order valence-corrected chi connectivity index (χ2v) is 4.32. The van der Waals surface area contributed by atoms with E-state index in [9.17, 15) is 0 Å². The molecule has 0 aromatic heterocycles. The van der Waals surface area contributed by atoms with Gasteiger partial charge < -0.3 is 0 Å². The summed E-state index contributed by atoms with van der Waals surface area (Å²) in [6, 6.07) is 0. The van der Waals surface area contributed by atoms with E-state index in [1.54, 1.807) is 0 Å². The van der Waals surface area contributed by atoms with E-state index in [0.717, 1.165) is 5.92 Å². The topological polar surface area (TPSA) is 0 Å². The number of rotatable bonds is 3. The molecule has 0 amide bonds. The Hall–Kier alpha value is -0.440. The molecule has 0 saturated carbocycles. The quantitative estimate of drug-likeness (QED) is 0.561. The summed E-state index contributed by atoms with van der Waals surface area (Å²) >= 11 is 0. The maximum Gasteiger partial charge on any atom is 0.0174 e. The van der Waals surface area contributed by atoms with Crippen LogP contribution in [0, 0.1) is 29.6 Å². The third-order valence-electron chi connectivity index (χ3n) is 1.80. The van der Waals surface area contributed by atoms with Gasteiger partial charge in [0.2, 0.25) is 0 Å². The Balaban J connectivity index is 3.61. The number of hydrogen-bond donors (Lipinski definition) is 0. The van der Waals surface area contributed by atoms with Crippen molar-refractivity contribution in [1.29, 1.82) is 0 Å². The molecule has 0 nitrogen and oxygen atoms in total. The third-order valence-corrected chi connectivity index (χ3v) is 1.80. The van der Waals surface area contributed by atoms with Crippen molar-refractivity contribution in [3.8, 4) is 11.8 Å². The first-order chi connectivity index (χ1) is 5.52. The minimum absolute atomic E-state index is 0.520. The van der Waals surface area contributed by atoms with Gasteiger partial charge in [-0.15, -0.1) is 5.92 Å². The predicted octanol–water partition coefficient (Wildman–Crippen LogP) is 3.72. The minimum atomic E-state index is 0.520. The van der Waals surface area contributed by atoms with E-state index in [0.29, 0.717) is 11.8 Å². The van der Waals surface area contributed by atoms with Crippen LogP contribution in [0.25, 0.3) is 0 Å². The van der Waals surface area contributed by atoms with Crippen LogP contribution in [0.2, 0.25) is 0 Å². The van der Waals surface area contributed by atoms with Crippen molar-refractivity contribution in [1.82, 2.24) is 0 Å². The third kappa shape index (κ3) is 7.66. The van der Waals surface area contributed by atoms with Gasteiger partial charge >= 0.3 is 0 Å². The van der Waals surface area contributed by atoms with E-state index in [2.05, 4.69) is 46.5 Å². The zero-order valence-electron chi connectivity index (χ0n) is 9.15. The minimum Gasteiger partial charge on any atom is -0.100 e. The molecule has 0 heterocycles. The molecule has 0 unspecified atom stereocenters. The van der Waals surface area contributed by atoms with Crippen LogP contribution < -0.4 is 0 Å². The molecule has 12 heavy (non-hydrogen) atoms. The highest BCUT2D eigenvalue weighted by atomic mass is 14.0. The Kier molecular flexibility index (Phi) is 5.89. The lowest BCUT2D eigenvalue weighted by Crippen LogP contribution is -1.95. The van der Waals surface area contributed by atoms with Gasteiger partial charge in [-0.3, -0.25) is 0 Å². The average molecular weight is 166 g/mol. The average Bonchev–Trinajstić information content (AvgIpc) is 1.96. The molecule has 0 aliphatic heterocycles. The van der Waals surface area contributed by atoms with Crippen molar-refractivity contribution in [2.75, 3.05) is 0 Å². The summed E-state index contributed by atoms with van der Waals surface area (Å²) in [6.45, 7) is 11.0. The van der Waals surface area contributed by atoms with E-state index < -0.39 is 0 Å². The van der Waals surface area contributed by atoms with Crippen molar-refractivity contribution in [3.63, 3.8) is 0 Å². The number of hydrogen-bond acceptors (Lipinski definition) is 0. The van der Waals surface area contributed by atoms with E-state index in [4.69, 9.17) is 0 Å². The summed E-state index contributed by atoms with van der Waals surface area (Å²) in [5, 5.41) is 0. The van der Waals surface area contributed by atoms with Crippen LogP contribution in [0.3, 0.4) is 0 Å². The highest BCUT2D eigenvalue weighted by molar-refractivity contribution is 5.04. The van der Waals surface area contributed by atoms with Gasteiger partial charge in [0.05, 0.1) is 0 Å². The Bertz CT molecular complexity index is 155. The lowest BCUT2D eigenvalue weighted by molar-refractivity contribution is 0.509. The van der Waals surface area contributed by atoms with Crippen molar-refractivity contribution >= 4 is 0 Å². The SMILES string of the molecule is CC(C)C#C[C@H](C)CCC(C)C. The molecule has 70 valence electrons. The lowest BCUT2D eigenvalue weighted by atomic mass is 9.99. The zero-order valence-corrected chi connectivity index (χ0v) is 9.15. The van der Waals surface area contributed by atoms with Crippen LogP contribution in [-0.4, -0.2) is 0 Å². The molecule has 0 aliphatic rings.